The van der Waals surface area contributed by atoms with Crippen LogP contribution in [0.1, 0.15) is 23.6 Å². The van der Waals surface area contributed by atoms with Crippen LogP contribution in [0.3, 0.4) is 0 Å². The van der Waals surface area contributed by atoms with Gasteiger partial charge in [-0.1, -0.05) is 41.9 Å². The zero-order valence-electron chi connectivity index (χ0n) is 13.8. The van der Waals surface area contributed by atoms with Crippen LogP contribution in [0.25, 0.3) is 6.08 Å². The van der Waals surface area contributed by atoms with Crippen LogP contribution in [0.4, 0.5) is 5.69 Å². The highest BCUT2D eigenvalue weighted by atomic mass is 35.5. The van der Waals surface area contributed by atoms with Crippen molar-refractivity contribution in [2.45, 2.75) is 20.8 Å². The van der Waals surface area contributed by atoms with Crippen molar-refractivity contribution in [3.8, 4) is 0 Å². The summed E-state index contributed by atoms with van der Waals surface area (Å²) in [5, 5.41) is 5.90. The second-order valence-corrected chi connectivity index (χ2v) is 5.95. The van der Waals surface area contributed by atoms with E-state index in [0.29, 0.717) is 10.7 Å². The van der Waals surface area contributed by atoms with Gasteiger partial charge in [-0.05, 0) is 48.7 Å². The lowest BCUT2D eigenvalue weighted by molar-refractivity contribution is -0.120. The van der Waals surface area contributed by atoms with E-state index < -0.39 is 5.91 Å². The number of aryl methyl sites for hydroxylation is 2. The van der Waals surface area contributed by atoms with Crippen molar-refractivity contribution in [3.05, 3.63) is 69.9 Å². The minimum Gasteiger partial charge on any atom is -0.322 e. The van der Waals surface area contributed by atoms with E-state index in [1.54, 1.807) is 18.2 Å². The Kier molecular flexibility index (Phi) is 5.77. The Labute approximate surface area is 146 Å². The number of benzene rings is 2. The fourth-order valence-electron chi connectivity index (χ4n) is 2.17. The van der Waals surface area contributed by atoms with Crippen LogP contribution in [-0.4, -0.2) is 11.8 Å². The first kappa shape index (κ1) is 17.8. The Morgan fingerprint density at radius 1 is 1.04 bits per heavy atom. The van der Waals surface area contributed by atoms with Gasteiger partial charge in [0.25, 0.3) is 5.91 Å². The standard InChI is InChI=1S/C19H19ClN2O2/c1-12-6-4-5-7-15(12)10-18(21-14(3)23)19(24)22-17-11-16(20)9-8-13(17)2/h4-11H,1-3H3,(H,21,23)(H,22,24). The van der Waals surface area contributed by atoms with E-state index >= 15 is 0 Å². The number of hydrogen-bond acceptors (Lipinski definition) is 2. The van der Waals surface area contributed by atoms with Crippen molar-refractivity contribution in [2.75, 3.05) is 5.32 Å². The molecule has 124 valence electrons. The molecule has 2 aromatic carbocycles. The van der Waals surface area contributed by atoms with Crippen LogP contribution in [0.15, 0.2) is 48.2 Å². The van der Waals surface area contributed by atoms with Gasteiger partial charge in [-0.15, -0.1) is 0 Å². The van der Waals surface area contributed by atoms with Crippen LogP contribution >= 0.6 is 11.6 Å². The summed E-state index contributed by atoms with van der Waals surface area (Å²) in [5.41, 5.74) is 3.53. The Hall–Kier alpha value is -2.59. The van der Waals surface area contributed by atoms with Crippen molar-refractivity contribution in [2.24, 2.45) is 0 Å². The molecule has 0 bridgehead atoms. The third kappa shape index (κ3) is 4.70. The fourth-order valence-corrected chi connectivity index (χ4v) is 2.34. The van der Waals surface area contributed by atoms with Gasteiger partial charge >= 0.3 is 0 Å². The topological polar surface area (TPSA) is 58.2 Å². The monoisotopic (exact) mass is 342 g/mol. The zero-order valence-corrected chi connectivity index (χ0v) is 14.6. The van der Waals surface area contributed by atoms with Crippen LogP contribution in [0, 0.1) is 13.8 Å². The number of carbonyl (C=O) groups is 2. The predicted molar refractivity (Wildman–Crippen MR) is 97.8 cm³/mol. The van der Waals surface area contributed by atoms with Crippen LogP contribution in [0.5, 0.6) is 0 Å². The maximum absolute atomic E-state index is 12.6. The van der Waals surface area contributed by atoms with Gasteiger partial charge in [0.15, 0.2) is 0 Å². The Morgan fingerprint density at radius 3 is 2.42 bits per heavy atom. The molecule has 0 spiro atoms. The summed E-state index contributed by atoms with van der Waals surface area (Å²) in [6, 6.07) is 12.9. The molecule has 2 rings (SSSR count). The number of amides is 2. The van der Waals surface area contributed by atoms with E-state index in [0.717, 1.165) is 16.7 Å². The normalized spacial score (nSPS) is 11.1. The summed E-state index contributed by atoms with van der Waals surface area (Å²) in [5.74, 6) is -0.716. The van der Waals surface area contributed by atoms with E-state index in [2.05, 4.69) is 10.6 Å². The van der Waals surface area contributed by atoms with Crippen LogP contribution < -0.4 is 10.6 Å². The SMILES string of the molecule is CC(=O)NC(=Cc1ccccc1C)C(=O)Nc1cc(Cl)ccc1C. The molecular weight excluding hydrogens is 324 g/mol. The van der Waals surface area contributed by atoms with Gasteiger partial charge in [0.2, 0.25) is 5.91 Å². The molecule has 2 amide bonds. The largest absolute Gasteiger partial charge is 0.322 e. The second-order valence-electron chi connectivity index (χ2n) is 5.51. The summed E-state index contributed by atoms with van der Waals surface area (Å²) >= 11 is 5.98. The molecule has 0 fully saturated rings. The third-order valence-electron chi connectivity index (χ3n) is 3.49. The van der Waals surface area contributed by atoms with Crippen molar-refractivity contribution < 1.29 is 9.59 Å². The number of carbonyl (C=O) groups excluding carboxylic acids is 2. The van der Waals surface area contributed by atoms with Crippen molar-refractivity contribution in [1.82, 2.24) is 5.32 Å². The molecule has 0 aliphatic carbocycles. The molecular formula is C19H19ClN2O2. The molecule has 0 unspecified atom stereocenters. The van der Waals surface area contributed by atoms with Crippen LogP contribution in [0.2, 0.25) is 5.02 Å². The first-order chi connectivity index (χ1) is 11.4. The number of hydrogen-bond donors (Lipinski definition) is 2. The van der Waals surface area contributed by atoms with Gasteiger partial charge in [-0.2, -0.15) is 0 Å². The van der Waals surface area contributed by atoms with E-state index in [4.69, 9.17) is 11.6 Å². The molecule has 0 aromatic heterocycles. The summed E-state index contributed by atoms with van der Waals surface area (Å²) < 4.78 is 0. The maximum atomic E-state index is 12.6. The molecule has 0 atom stereocenters. The number of rotatable bonds is 4. The first-order valence-electron chi connectivity index (χ1n) is 7.49. The molecule has 2 N–H and O–H groups in total. The second kappa shape index (κ2) is 7.79. The Morgan fingerprint density at radius 2 is 1.75 bits per heavy atom. The molecule has 0 aliphatic heterocycles. The molecule has 5 heteroatoms. The van der Waals surface area contributed by atoms with Crippen molar-refractivity contribution in [1.29, 1.82) is 0 Å². The van der Waals surface area contributed by atoms with Crippen molar-refractivity contribution >= 4 is 35.2 Å². The summed E-state index contributed by atoms with van der Waals surface area (Å²) in [7, 11) is 0. The molecule has 0 saturated carbocycles. The average Bonchev–Trinajstić information content (AvgIpc) is 2.52. The smallest absolute Gasteiger partial charge is 0.272 e. The Balaban J connectivity index is 2.34. The molecule has 0 aliphatic rings. The Bertz CT molecular complexity index is 813. The number of nitrogens with one attached hydrogen (secondary N) is 2. The quantitative estimate of drug-likeness (QED) is 0.823. The van der Waals surface area contributed by atoms with Crippen LogP contribution in [-0.2, 0) is 9.59 Å². The summed E-state index contributed by atoms with van der Waals surface area (Å²) in [6.07, 6.45) is 1.66. The lowest BCUT2D eigenvalue weighted by Gasteiger charge is -2.12. The highest BCUT2D eigenvalue weighted by molar-refractivity contribution is 6.31. The zero-order chi connectivity index (χ0) is 17.7. The maximum Gasteiger partial charge on any atom is 0.272 e. The molecule has 0 radical (unpaired) electrons. The predicted octanol–water partition coefficient (Wildman–Crippen LogP) is 4.07. The molecule has 4 nitrogen and oxygen atoms in total. The summed E-state index contributed by atoms with van der Waals surface area (Å²) in [4.78, 5) is 24.0. The fraction of sp³-hybridized carbons (Fsp3) is 0.158. The van der Waals surface area contributed by atoms with E-state index in [9.17, 15) is 9.59 Å². The number of anilines is 1. The minimum atomic E-state index is -0.404. The van der Waals surface area contributed by atoms with Crippen molar-refractivity contribution in [3.63, 3.8) is 0 Å². The van der Waals surface area contributed by atoms with E-state index in [-0.39, 0.29) is 11.6 Å². The summed E-state index contributed by atoms with van der Waals surface area (Å²) in [6.45, 7) is 5.18. The number of halogens is 1. The van der Waals surface area contributed by atoms with Gasteiger partial charge in [0.05, 0.1) is 0 Å². The van der Waals surface area contributed by atoms with E-state index in [1.807, 2.05) is 44.2 Å². The van der Waals surface area contributed by atoms with E-state index in [1.165, 1.54) is 6.92 Å². The molecule has 0 saturated heterocycles. The van der Waals surface area contributed by atoms with Gasteiger partial charge in [-0.3, -0.25) is 9.59 Å². The highest BCUT2D eigenvalue weighted by Crippen LogP contribution is 2.21. The van der Waals surface area contributed by atoms with Gasteiger partial charge in [-0.25, -0.2) is 0 Å². The van der Waals surface area contributed by atoms with Gasteiger partial charge < -0.3 is 10.6 Å². The molecule has 24 heavy (non-hydrogen) atoms. The lowest BCUT2D eigenvalue weighted by atomic mass is 10.1. The third-order valence-corrected chi connectivity index (χ3v) is 3.73. The first-order valence-corrected chi connectivity index (χ1v) is 7.87. The van der Waals surface area contributed by atoms with Gasteiger partial charge in [0.1, 0.15) is 5.70 Å². The minimum absolute atomic E-state index is 0.177. The molecule has 0 heterocycles. The molecule has 2 aromatic rings. The average molecular weight is 343 g/mol. The van der Waals surface area contributed by atoms with Gasteiger partial charge in [0, 0.05) is 17.6 Å². The lowest BCUT2D eigenvalue weighted by Crippen LogP contribution is -2.29. The highest BCUT2D eigenvalue weighted by Gasteiger charge is 2.13.